The minimum Gasteiger partial charge on any atom is -0.329 e. The minimum atomic E-state index is 0.255. The van der Waals surface area contributed by atoms with Gasteiger partial charge in [-0.2, -0.15) is 0 Å². The number of likely N-dealkylation sites (N-methyl/N-ethyl adjacent to an activating group) is 1. The Kier molecular flexibility index (Phi) is 4.15. The molecule has 106 valence electrons. The predicted octanol–water partition coefficient (Wildman–Crippen LogP) is 3.15. The number of rotatable bonds is 6. The van der Waals surface area contributed by atoms with Crippen LogP contribution in [0.5, 0.6) is 0 Å². The summed E-state index contributed by atoms with van der Waals surface area (Å²) in [5.74, 6) is 0.813. The molecule has 1 heterocycles. The normalized spacial score (nSPS) is 16.6. The van der Waals surface area contributed by atoms with Crippen molar-refractivity contribution in [1.82, 2.24) is 9.88 Å². The molecule has 4 heteroatoms. The molecule has 1 saturated carbocycles. The summed E-state index contributed by atoms with van der Waals surface area (Å²) in [6, 6.07) is 9.27. The fourth-order valence-corrected chi connectivity index (χ4v) is 3.21. The first-order valence-corrected chi connectivity index (χ1v) is 8.09. The lowest BCUT2D eigenvalue weighted by Crippen LogP contribution is -2.30. The fraction of sp³-hybridized carbons (Fsp3) is 0.438. The molecule has 1 atom stereocenters. The van der Waals surface area contributed by atoms with Crippen LogP contribution < -0.4 is 5.73 Å². The first kappa shape index (κ1) is 13.7. The molecule has 0 bridgehead atoms. The minimum absolute atomic E-state index is 0.255. The standard InChI is InChI=1S/C16H21N3S/c1-19(9-15-10-20-11-18-15)16(8-17)14-6-4-13(5-7-14)12-2-3-12/h4-7,10-12,16H,2-3,8-9,17H2,1H3. The highest BCUT2D eigenvalue weighted by Gasteiger charge is 2.24. The molecule has 0 radical (unpaired) electrons. The second-order valence-corrected chi connectivity index (χ2v) is 6.31. The molecule has 0 amide bonds. The molecular formula is C16H21N3S. The molecule has 20 heavy (non-hydrogen) atoms. The third-order valence-corrected chi connectivity index (χ3v) is 4.66. The lowest BCUT2D eigenvalue weighted by Gasteiger charge is -2.26. The van der Waals surface area contributed by atoms with Gasteiger partial charge in [-0.1, -0.05) is 24.3 Å². The smallest absolute Gasteiger partial charge is 0.0795 e. The Labute approximate surface area is 124 Å². The van der Waals surface area contributed by atoms with Crippen molar-refractivity contribution in [3.8, 4) is 0 Å². The van der Waals surface area contributed by atoms with E-state index >= 15 is 0 Å². The molecule has 1 aliphatic rings. The van der Waals surface area contributed by atoms with E-state index in [2.05, 4.69) is 46.6 Å². The molecule has 3 rings (SSSR count). The Morgan fingerprint density at radius 2 is 2.10 bits per heavy atom. The molecule has 0 spiro atoms. The molecule has 0 saturated heterocycles. The molecule has 1 aromatic heterocycles. The fourth-order valence-electron chi connectivity index (χ4n) is 2.66. The van der Waals surface area contributed by atoms with Crippen LogP contribution in [0.25, 0.3) is 0 Å². The summed E-state index contributed by atoms with van der Waals surface area (Å²) in [6.45, 7) is 1.47. The Balaban J connectivity index is 1.70. The van der Waals surface area contributed by atoms with Crippen LogP contribution in [0.15, 0.2) is 35.2 Å². The maximum Gasteiger partial charge on any atom is 0.0795 e. The molecule has 1 aliphatic carbocycles. The summed E-state index contributed by atoms with van der Waals surface area (Å²) in [5.41, 5.74) is 11.8. The molecular weight excluding hydrogens is 266 g/mol. The van der Waals surface area contributed by atoms with Crippen molar-refractivity contribution >= 4 is 11.3 Å². The van der Waals surface area contributed by atoms with E-state index in [1.54, 1.807) is 11.3 Å². The highest BCUT2D eigenvalue weighted by Crippen LogP contribution is 2.40. The summed E-state index contributed by atoms with van der Waals surface area (Å²) in [4.78, 5) is 6.63. The van der Waals surface area contributed by atoms with Gasteiger partial charge in [-0.15, -0.1) is 11.3 Å². The summed E-state index contributed by atoms with van der Waals surface area (Å²) in [5, 5.41) is 2.10. The second-order valence-electron chi connectivity index (χ2n) is 5.59. The third kappa shape index (κ3) is 3.08. The van der Waals surface area contributed by atoms with Crippen LogP contribution in [-0.2, 0) is 6.54 Å². The van der Waals surface area contributed by atoms with Crippen molar-refractivity contribution in [2.45, 2.75) is 31.3 Å². The summed E-state index contributed by atoms with van der Waals surface area (Å²) < 4.78 is 0. The van der Waals surface area contributed by atoms with Gasteiger partial charge in [0.25, 0.3) is 0 Å². The average molecular weight is 287 g/mol. The lowest BCUT2D eigenvalue weighted by molar-refractivity contribution is 0.239. The van der Waals surface area contributed by atoms with Gasteiger partial charge in [-0.3, -0.25) is 4.90 Å². The quantitative estimate of drug-likeness (QED) is 0.887. The largest absolute Gasteiger partial charge is 0.329 e. The van der Waals surface area contributed by atoms with E-state index in [4.69, 9.17) is 5.73 Å². The van der Waals surface area contributed by atoms with E-state index in [0.29, 0.717) is 6.54 Å². The van der Waals surface area contributed by atoms with Gasteiger partial charge in [0.1, 0.15) is 0 Å². The van der Waals surface area contributed by atoms with Crippen molar-refractivity contribution in [2.24, 2.45) is 5.73 Å². The zero-order valence-electron chi connectivity index (χ0n) is 11.8. The maximum atomic E-state index is 5.99. The van der Waals surface area contributed by atoms with Crippen LogP contribution in [0, 0.1) is 0 Å². The number of nitrogens with zero attached hydrogens (tertiary/aromatic N) is 2. The van der Waals surface area contributed by atoms with Gasteiger partial charge < -0.3 is 5.73 Å². The van der Waals surface area contributed by atoms with Crippen LogP contribution >= 0.6 is 11.3 Å². The van der Waals surface area contributed by atoms with Gasteiger partial charge in [0, 0.05) is 24.5 Å². The van der Waals surface area contributed by atoms with Crippen LogP contribution in [0.2, 0.25) is 0 Å². The highest BCUT2D eigenvalue weighted by molar-refractivity contribution is 7.07. The van der Waals surface area contributed by atoms with Crippen LogP contribution in [-0.4, -0.2) is 23.5 Å². The third-order valence-electron chi connectivity index (χ3n) is 4.02. The Morgan fingerprint density at radius 3 is 2.65 bits per heavy atom. The second kappa shape index (κ2) is 6.04. The van der Waals surface area contributed by atoms with Gasteiger partial charge in [0.15, 0.2) is 0 Å². The van der Waals surface area contributed by atoms with Gasteiger partial charge in [0.05, 0.1) is 11.2 Å². The number of thiazole rings is 1. The topological polar surface area (TPSA) is 42.2 Å². The van der Waals surface area contributed by atoms with E-state index in [0.717, 1.165) is 18.2 Å². The Morgan fingerprint density at radius 1 is 1.35 bits per heavy atom. The van der Waals surface area contributed by atoms with Crippen LogP contribution in [0.4, 0.5) is 0 Å². The van der Waals surface area contributed by atoms with Crippen LogP contribution in [0.3, 0.4) is 0 Å². The summed E-state index contributed by atoms with van der Waals surface area (Å²) in [7, 11) is 2.12. The van der Waals surface area contributed by atoms with Crippen molar-refractivity contribution in [1.29, 1.82) is 0 Å². The molecule has 2 aromatic rings. The van der Waals surface area contributed by atoms with Gasteiger partial charge in [-0.25, -0.2) is 4.98 Å². The van der Waals surface area contributed by atoms with Gasteiger partial charge in [-0.05, 0) is 36.9 Å². The van der Waals surface area contributed by atoms with E-state index < -0.39 is 0 Å². The maximum absolute atomic E-state index is 5.99. The Hall–Kier alpha value is -1.23. The van der Waals surface area contributed by atoms with E-state index in [9.17, 15) is 0 Å². The molecule has 2 N–H and O–H groups in total. The Bertz CT molecular complexity index is 531. The summed E-state index contributed by atoms with van der Waals surface area (Å²) >= 11 is 1.64. The number of hydrogen-bond donors (Lipinski definition) is 1. The van der Waals surface area contributed by atoms with E-state index in [1.807, 2.05) is 5.51 Å². The summed E-state index contributed by atoms with van der Waals surface area (Å²) in [6.07, 6.45) is 2.70. The zero-order valence-corrected chi connectivity index (χ0v) is 12.6. The zero-order chi connectivity index (χ0) is 13.9. The molecule has 1 fully saturated rings. The monoisotopic (exact) mass is 287 g/mol. The van der Waals surface area contributed by atoms with Crippen molar-refractivity contribution < 1.29 is 0 Å². The first-order valence-electron chi connectivity index (χ1n) is 7.15. The number of aromatic nitrogens is 1. The first-order chi connectivity index (χ1) is 9.78. The lowest BCUT2D eigenvalue weighted by atomic mass is 10.0. The highest BCUT2D eigenvalue weighted by atomic mass is 32.1. The van der Waals surface area contributed by atoms with Crippen LogP contribution in [0.1, 0.15) is 41.6 Å². The van der Waals surface area contributed by atoms with Crippen molar-refractivity contribution in [3.05, 3.63) is 52.0 Å². The van der Waals surface area contributed by atoms with E-state index in [-0.39, 0.29) is 6.04 Å². The molecule has 1 aromatic carbocycles. The van der Waals surface area contributed by atoms with Gasteiger partial charge in [0.2, 0.25) is 0 Å². The SMILES string of the molecule is CN(Cc1cscn1)C(CN)c1ccc(C2CC2)cc1. The predicted molar refractivity (Wildman–Crippen MR) is 83.8 cm³/mol. The van der Waals surface area contributed by atoms with Crippen molar-refractivity contribution in [3.63, 3.8) is 0 Å². The average Bonchev–Trinajstić information content (AvgIpc) is 3.19. The molecule has 1 unspecified atom stereocenters. The number of nitrogens with two attached hydrogens (primary N) is 1. The van der Waals surface area contributed by atoms with Gasteiger partial charge >= 0.3 is 0 Å². The number of hydrogen-bond acceptors (Lipinski definition) is 4. The number of benzene rings is 1. The molecule has 0 aliphatic heterocycles. The van der Waals surface area contributed by atoms with Crippen molar-refractivity contribution in [2.75, 3.05) is 13.6 Å². The van der Waals surface area contributed by atoms with E-state index in [1.165, 1.54) is 24.0 Å². The molecule has 3 nitrogen and oxygen atoms in total.